The average molecular weight is 400 g/mol. The molecule has 1 aromatic heterocycles. The van der Waals surface area contributed by atoms with Crippen molar-refractivity contribution >= 4 is 22.9 Å². The minimum atomic E-state index is -0.408. The standard InChI is InChI=1S/C23H20N4O3/c1-2-30-22-11-15(7-10-21(22)28)14-24-27-23(29)20-13-19(25-26-20)18-9-8-16-5-3-4-6-17(16)12-18/h3-14,28H,2H2,1H3,(H,25,26)(H,27,29)/b24-14+. The summed E-state index contributed by atoms with van der Waals surface area (Å²) in [4.78, 5) is 12.4. The number of rotatable bonds is 6. The minimum absolute atomic E-state index is 0.0525. The highest BCUT2D eigenvalue weighted by Gasteiger charge is 2.11. The zero-order valence-corrected chi connectivity index (χ0v) is 16.3. The Morgan fingerprint density at radius 2 is 1.97 bits per heavy atom. The molecule has 4 rings (SSSR count). The van der Waals surface area contributed by atoms with Gasteiger partial charge >= 0.3 is 0 Å². The number of H-pyrrole nitrogens is 1. The number of phenols is 1. The summed E-state index contributed by atoms with van der Waals surface area (Å²) in [5.41, 5.74) is 5.04. The molecule has 3 aromatic carbocycles. The highest BCUT2D eigenvalue weighted by Crippen LogP contribution is 2.26. The summed E-state index contributed by atoms with van der Waals surface area (Å²) < 4.78 is 5.33. The van der Waals surface area contributed by atoms with Gasteiger partial charge in [0.15, 0.2) is 11.5 Å². The Hall–Kier alpha value is -4.13. The Morgan fingerprint density at radius 3 is 2.80 bits per heavy atom. The Bertz CT molecular complexity index is 1230. The third-order valence-corrected chi connectivity index (χ3v) is 4.53. The Labute approximate surface area is 173 Å². The van der Waals surface area contributed by atoms with Crippen LogP contribution in [0.4, 0.5) is 0 Å². The molecule has 0 fully saturated rings. The van der Waals surface area contributed by atoms with Crippen LogP contribution < -0.4 is 10.2 Å². The van der Waals surface area contributed by atoms with E-state index in [0.717, 1.165) is 16.3 Å². The maximum Gasteiger partial charge on any atom is 0.289 e. The number of nitrogens with zero attached hydrogens (tertiary/aromatic N) is 2. The van der Waals surface area contributed by atoms with Crippen LogP contribution in [0.25, 0.3) is 22.0 Å². The molecule has 0 aliphatic rings. The zero-order chi connectivity index (χ0) is 20.9. The number of benzene rings is 3. The molecule has 1 heterocycles. The third-order valence-electron chi connectivity index (χ3n) is 4.53. The lowest BCUT2D eigenvalue weighted by atomic mass is 10.1. The van der Waals surface area contributed by atoms with Crippen LogP contribution in [0.3, 0.4) is 0 Å². The van der Waals surface area contributed by atoms with Crippen molar-refractivity contribution in [2.45, 2.75) is 6.92 Å². The Morgan fingerprint density at radius 1 is 1.13 bits per heavy atom. The molecule has 30 heavy (non-hydrogen) atoms. The monoisotopic (exact) mass is 400 g/mol. The van der Waals surface area contributed by atoms with Crippen molar-refractivity contribution in [1.29, 1.82) is 0 Å². The van der Waals surface area contributed by atoms with Gasteiger partial charge in [-0.15, -0.1) is 0 Å². The van der Waals surface area contributed by atoms with Crippen molar-refractivity contribution in [1.82, 2.24) is 15.6 Å². The maximum absolute atomic E-state index is 12.4. The lowest BCUT2D eigenvalue weighted by Crippen LogP contribution is -2.18. The first-order chi connectivity index (χ1) is 14.6. The zero-order valence-electron chi connectivity index (χ0n) is 16.3. The van der Waals surface area contributed by atoms with Gasteiger partial charge in [-0.25, -0.2) is 5.43 Å². The maximum atomic E-state index is 12.4. The van der Waals surface area contributed by atoms with E-state index in [2.05, 4.69) is 20.7 Å². The predicted molar refractivity (Wildman–Crippen MR) is 116 cm³/mol. The van der Waals surface area contributed by atoms with Crippen molar-refractivity contribution in [3.63, 3.8) is 0 Å². The fourth-order valence-electron chi connectivity index (χ4n) is 3.04. The predicted octanol–water partition coefficient (Wildman–Crippen LogP) is 4.10. The molecule has 4 aromatic rings. The number of nitrogens with one attached hydrogen (secondary N) is 2. The quantitative estimate of drug-likeness (QED) is 0.335. The second kappa shape index (κ2) is 8.48. The lowest BCUT2D eigenvalue weighted by molar-refractivity contribution is 0.0950. The summed E-state index contributed by atoms with van der Waals surface area (Å²) >= 11 is 0. The molecule has 3 N–H and O–H groups in total. The highest BCUT2D eigenvalue weighted by molar-refractivity contribution is 5.94. The minimum Gasteiger partial charge on any atom is -0.504 e. The average Bonchev–Trinajstić information content (AvgIpc) is 3.26. The third kappa shape index (κ3) is 4.15. The number of aromatic nitrogens is 2. The molecule has 0 unspecified atom stereocenters. The Balaban J connectivity index is 1.45. The summed E-state index contributed by atoms with van der Waals surface area (Å²) in [5.74, 6) is 0.00712. The first-order valence-corrected chi connectivity index (χ1v) is 9.48. The van der Waals surface area contributed by atoms with Gasteiger partial charge in [-0.2, -0.15) is 10.2 Å². The molecular weight excluding hydrogens is 380 g/mol. The summed E-state index contributed by atoms with van der Waals surface area (Å²) in [6.07, 6.45) is 1.47. The molecule has 0 aliphatic carbocycles. The molecule has 150 valence electrons. The molecule has 0 radical (unpaired) electrons. The van der Waals surface area contributed by atoms with Crippen molar-refractivity contribution in [2.75, 3.05) is 6.61 Å². The summed E-state index contributed by atoms with van der Waals surface area (Å²) in [7, 11) is 0. The number of amides is 1. The number of phenolic OH excluding ortho intramolecular Hbond substituents is 1. The van der Waals surface area contributed by atoms with E-state index in [0.29, 0.717) is 29.3 Å². The number of aromatic amines is 1. The second-order valence-corrected chi connectivity index (χ2v) is 6.59. The van der Waals surface area contributed by atoms with Crippen molar-refractivity contribution in [3.8, 4) is 22.8 Å². The number of hydrazone groups is 1. The fraction of sp³-hybridized carbons (Fsp3) is 0.0870. The first kappa shape index (κ1) is 19.2. The van der Waals surface area contributed by atoms with E-state index in [1.165, 1.54) is 12.3 Å². The van der Waals surface area contributed by atoms with E-state index in [9.17, 15) is 9.90 Å². The van der Waals surface area contributed by atoms with E-state index in [-0.39, 0.29) is 5.75 Å². The fourth-order valence-corrected chi connectivity index (χ4v) is 3.04. The summed E-state index contributed by atoms with van der Waals surface area (Å²) in [6, 6.07) is 20.6. The molecule has 7 heteroatoms. The number of aromatic hydroxyl groups is 1. The van der Waals surface area contributed by atoms with E-state index in [4.69, 9.17) is 4.74 Å². The van der Waals surface area contributed by atoms with Crippen LogP contribution in [0.1, 0.15) is 23.0 Å². The molecular formula is C23H20N4O3. The van der Waals surface area contributed by atoms with Crippen LogP contribution >= 0.6 is 0 Å². The van der Waals surface area contributed by atoms with Gasteiger partial charge in [0.25, 0.3) is 5.91 Å². The van der Waals surface area contributed by atoms with Gasteiger partial charge in [-0.05, 0) is 53.6 Å². The normalized spacial score (nSPS) is 11.1. The van der Waals surface area contributed by atoms with Crippen LogP contribution in [0.5, 0.6) is 11.5 Å². The molecule has 7 nitrogen and oxygen atoms in total. The largest absolute Gasteiger partial charge is 0.504 e. The molecule has 0 saturated heterocycles. The summed E-state index contributed by atoms with van der Waals surface area (Å²) in [6.45, 7) is 2.27. The van der Waals surface area contributed by atoms with Crippen molar-refractivity contribution in [3.05, 3.63) is 78.0 Å². The van der Waals surface area contributed by atoms with Gasteiger partial charge in [-0.1, -0.05) is 36.4 Å². The van der Waals surface area contributed by atoms with Crippen LogP contribution in [-0.4, -0.2) is 34.0 Å². The summed E-state index contributed by atoms with van der Waals surface area (Å²) in [5, 5.41) is 22.9. The SMILES string of the molecule is CCOc1cc(/C=N/NC(=O)c2cc(-c3ccc4ccccc4c3)n[nH]2)ccc1O. The van der Waals surface area contributed by atoms with E-state index in [1.807, 2.05) is 49.4 Å². The van der Waals surface area contributed by atoms with E-state index >= 15 is 0 Å². The number of ether oxygens (including phenoxy) is 1. The van der Waals surface area contributed by atoms with Gasteiger partial charge in [0.1, 0.15) is 5.69 Å². The van der Waals surface area contributed by atoms with Crippen LogP contribution in [0.2, 0.25) is 0 Å². The van der Waals surface area contributed by atoms with E-state index < -0.39 is 5.91 Å². The Kier molecular flexibility index (Phi) is 5.43. The van der Waals surface area contributed by atoms with Gasteiger partial charge in [0, 0.05) is 5.56 Å². The number of hydrogen-bond acceptors (Lipinski definition) is 5. The van der Waals surface area contributed by atoms with Gasteiger partial charge < -0.3 is 9.84 Å². The van der Waals surface area contributed by atoms with Gasteiger partial charge in [0.2, 0.25) is 0 Å². The molecule has 0 bridgehead atoms. The first-order valence-electron chi connectivity index (χ1n) is 9.48. The highest BCUT2D eigenvalue weighted by atomic mass is 16.5. The van der Waals surface area contributed by atoms with Crippen LogP contribution in [0.15, 0.2) is 71.8 Å². The topological polar surface area (TPSA) is 99.6 Å². The number of carbonyl (C=O) groups is 1. The van der Waals surface area contributed by atoms with Gasteiger partial charge in [0.05, 0.1) is 18.5 Å². The van der Waals surface area contributed by atoms with Crippen LogP contribution in [-0.2, 0) is 0 Å². The van der Waals surface area contributed by atoms with Gasteiger partial charge in [-0.3, -0.25) is 9.89 Å². The molecule has 0 atom stereocenters. The lowest BCUT2D eigenvalue weighted by Gasteiger charge is -2.05. The molecule has 0 spiro atoms. The van der Waals surface area contributed by atoms with E-state index in [1.54, 1.807) is 18.2 Å². The molecule has 1 amide bonds. The smallest absolute Gasteiger partial charge is 0.289 e. The number of hydrogen-bond donors (Lipinski definition) is 3. The van der Waals surface area contributed by atoms with Crippen molar-refractivity contribution in [2.24, 2.45) is 5.10 Å². The second-order valence-electron chi connectivity index (χ2n) is 6.59. The molecule has 0 saturated carbocycles. The van der Waals surface area contributed by atoms with Crippen LogP contribution in [0, 0.1) is 0 Å². The van der Waals surface area contributed by atoms with Crippen molar-refractivity contribution < 1.29 is 14.6 Å². The molecule has 0 aliphatic heterocycles. The number of carbonyl (C=O) groups excluding carboxylic acids is 1. The number of fused-ring (bicyclic) bond motifs is 1.